The Morgan fingerprint density at radius 3 is 2.75 bits per heavy atom. The van der Waals surface area contributed by atoms with Gasteiger partial charge in [0.1, 0.15) is 0 Å². The van der Waals surface area contributed by atoms with E-state index in [4.69, 9.17) is 4.74 Å². The van der Waals surface area contributed by atoms with Crippen molar-refractivity contribution in [3.05, 3.63) is 12.4 Å². The summed E-state index contributed by atoms with van der Waals surface area (Å²) in [5, 5.41) is 7.79. The van der Waals surface area contributed by atoms with E-state index >= 15 is 0 Å². The molecule has 1 saturated carbocycles. The van der Waals surface area contributed by atoms with Crippen molar-refractivity contribution in [3.8, 4) is 0 Å². The Labute approximate surface area is 70.5 Å². The fraction of sp³-hybridized carbons (Fsp3) is 0.750. The van der Waals surface area contributed by atoms with Crippen LogP contribution in [0, 0.1) is 5.41 Å². The highest BCUT2D eigenvalue weighted by atomic mass is 16.5. The van der Waals surface area contributed by atoms with Crippen LogP contribution in [-0.4, -0.2) is 28.2 Å². The molecule has 1 saturated heterocycles. The van der Waals surface area contributed by atoms with Crippen LogP contribution in [0.15, 0.2) is 12.4 Å². The van der Waals surface area contributed by atoms with Crippen molar-refractivity contribution in [2.45, 2.75) is 18.9 Å². The Morgan fingerprint density at radius 1 is 1.42 bits per heavy atom. The van der Waals surface area contributed by atoms with Gasteiger partial charge in [-0.15, -0.1) is 5.10 Å². The van der Waals surface area contributed by atoms with E-state index in [1.54, 1.807) is 6.20 Å². The average molecular weight is 165 g/mol. The maximum Gasteiger partial charge on any atom is 0.0693 e. The van der Waals surface area contributed by atoms with Crippen LogP contribution in [0.5, 0.6) is 0 Å². The van der Waals surface area contributed by atoms with Crippen molar-refractivity contribution >= 4 is 0 Å². The first-order valence-corrected chi connectivity index (χ1v) is 4.32. The maximum absolute atomic E-state index is 5.20. The highest BCUT2D eigenvalue weighted by molar-refractivity contribution is 5.00. The molecule has 3 rings (SSSR count). The van der Waals surface area contributed by atoms with Crippen molar-refractivity contribution in [2.24, 2.45) is 5.41 Å². The van der Waals surface area contributed by atoms with Gasteiger partial charge >= 0.3 is 0 Å². The summed E-state index contributed by atoms with van der Waals surface area (Å²) < 4.78 is 7.16. The standard InChI is InChI=1S/C8H11N3O/c1-2-11(10-9-1)7-3-8(4-7)5-12-6-8/h1-2,7H,3-6H2. The van der Waals surface area contributed by atoms with E-state index in [9.17, 15) is 0 Å². The molecule has 2 fully saturated rings. The van der Waals surface area contributed by atoms with E-state index in [1.165, 1.54) is 12.8 Å². The number of hydrogen-bond donors (Lipinski definition) is 0. The molecule has 0 aromatic carbocycles. The molecule has 1 aliphatic carbocycles. The van der Waals surface area contributed by atoms with Gasteiger partial charge in [-0.05, 0) is 12.8 Å². The molecule has 2 aliphatic rings. The number of nitrogens with zero attached hydrogens (tertiary/aromatic N) is 3. The zero-order valence-electron chi connectivity index (χ0n) is 6.81. The van der Waals surface area contributed by atoms with E-state index in [0.717, 1.165) is 13.2 Å². The van der Waals surface area contributed by atoms with Gasteiger partial charge in [0, 0.05) is 11.6 Å². The second kappa shape index (κ2) is 2.07. The van der Waals surface area contributed by atoms with Crippen LogP contribution in [0.3, 0.4) is 0 Å². The Balaban J connectivity index is 1.69. The first kappa shape index (κ1) is 6.60. The minimum absolute atomic E-state index is 0.524. The summed E-state index contributed by atoms with van der Waals surface area (Å²) in [4.78, 5) is 0. The zero-order chi connectivity index (χ0) is 8.02. The molecule has 0 amide bonds. The lowest BCUT2D eigenvalue weighted by Gasteiger charge is -2.52. The van der Waals surface area contributed by atoms with Gasteiger partial charge in [0.15, 0.2) is 0 Å². The minimum Gasteiger partial charge on any atom is -0.380 e. The Kier molecular flexibility index (Phi) is 1.14. The molecule has 1 aliphatic heterocycles. The molecule has 1 spiro atoms. The van der Waals surface area contributed by atoms with Crippen molar-refractivity contribution < 1.29 is 4.74 Å². The van der Waals surface area contributed by atoms with Gasteiger partial charge in [-0.2, -0.15) is 0 Å². The van der Waals surface area contributed by atoms with Crippen LogP contribution in [0.2, 0.25) is 0 Å². The first-order valence-electron chi connectivity index (χ1n) is 4.32. The van der Waals surface area contributed by atoms with Gasteiger partial charge < -0.3 is 4.74 Å². The van der Waals surface area contributed by atoms with Crippen LogP contribution in [0.4, 0.5) is 0 Å². The Morgan fingerprint density at radius 2 is 2.25 bits per heavy atom. The second-order valence-corrected chi connectivity index (χ2v) is 3.94. The molecule has 0 bridgehead atoms. The molecule has 4 heteroatoms. The fourth-order valence-electron chi connectivity index (χ4n) is 2.17. The third-order valence-electron chi connectivity index (χ3n) is 2.97. The topological polar surface area (TPSA) is 39.9 Å². The second-order valence-electron chi connectivity index (χ2n) is 3.94. The Bertz CT molecular complexity index is 271. The molecule has 4 nitrogen and oxygen atoms in total. The van der Waals surface area contributed by atoms with Crippen LogP contribution in [0.1, 0.15) is 18.9 Å². The zero-order valence-corrected chi connectivity index (χ0v) is 6.81. The predicted molar refractivity (Wildman–Crippen MR) is 41.5 cm³/mol. The Hall–Kier alpha value is -0.900. The molecule has 2 heterocycles. The summed E-state index contributed by atoms with van der Waals surface area (Å²) in [6, 6.07) is 0.580. The molecule has 0 N–H and O–H groups in total. The van der Waals surface area contributed by atoms with Gasteiger partial charge in [-0.1, -0.05) is 5.21 Å². The maximum atomic E-state index is 5.20. The van der Waals surface area contributed by atoms with Crippen molar-refractivity contribution in [1.82, 2.24) is 15.0 Å². The molecular weight excluding hydrogens is 154 g/mol. The normalized spacial score (nSPS) is 26.7. The smallest absolute Gasteiger partial charge is 0.0693 e. The van der Waals surface area contributed by atoms with E-state index in [2.05, 4.69) is 10.3 Å². The third-order valence-corrected chi connectivity index (χ3v) is 2.97. The third kappa shape index (κ3) is 0.756. The average Bonchev–Trinajstić information content (AvgIpc) is 2.32. The molecule has 0 radical (unpaired) electrons. The molecule has 0 atom stereocenters. The van der Waals surface area contributed by atoms with Crippen LogP contribution in [-0.2, 0) is 4.74 Å². The van der Waals surface area contributed by atoms with Gasteiger partial charge in [0.25, 0.3) is 0 Å². The molecule has 64 valence electrons. The van der Waals surface area contributed by atoms with Gasteiger partial charge in [-0.3, -0.25) is 0 Å². The van der Waals surface area contributed by atoms with Crippen molar-refractivity contribution in [2.75, 3.05) is 13.2 Å². The van der Waals surface area contributed by atoms with E-state index in [-0.39, 0.29) is 0 Å². The fourth-order valence-corrected chi connectivity index (χ4v) is 2.17. The summed E-state index contributed by atoms with van der Waals surface area (Å²) in [5.41, 5.74) is 0.524. The van der Waals surface area contributed by atoms with E-state index < -0.39 is 0 Å². The molecule has 0 unspecified atom stereocenters. The molecule has 1 aromatic rings. The lowest BCUT2D eigenvalue weighted by molar-refractivity contribution is -0.176. The lowest BCUT2D eigenvalue weighted by Crippen LogP contribution is -2.52. The van der Waals surface area contributed by atoms with Crippen molar-refractivity contribution in [1.29, 1.82) is 0 Å². The van der Waals surface area contributed by atoms with Crippen molar-refractivity contribution in [3.63, 3.8) is 0 Å². The van der Waals surface area contributed by atoms with Crippen LogP contribution in [0.25, 0.3) is 0 Å². The summed E-state index contributed by atoms with van der Waals surface area (Å²) in [7, 11) is 0. The van der Waals surface area contributed by atoms with Gasteiger partial charge in [0.2, 0.25) is 0 Å². The number of rotatable bonds is 1. The lowest BCUT2D eigenvalue weighted by atomic mass is 9.64. The summed E-state index contributed by atoms with van der Waals surface area (Å²) in [6.45, 7) is 1.91. The minimum atomic E-state index is 0.524. The first-order chi connectivity index (χ1) is 5.88. The summed E-state index contributed by atoms with van der Waals surface area (Å²) in [6.07, 6.45) is 6.12. The van der Waals surface area contributed by atoms with Gasteiger partial charge in [0.05, 0.1) is 25.5 Å². The monoisotopic (exact) mass is 165 g/mol. The number of hydrogen-bond acceptors (Lipinski definition) is 3. The number of ether oxygens (including phenoxy) is 1. The predicted octanol–water partition coefficient (Wildman–Crippen LogP) is 0.630. The SMILES string of the molecule is c1cn(C2CC3(COC3)C2)nn1. The quantitative estimate of drug-likeness (QED) is 0.612. The molecule has 12 heavy (non-hydrogen) atoms. The van der Waals surface area contributed by atoms with Gasteiger partial charge in [-0.25, -0.2) is 4.68 Å². The molecule has 1 aromatic heterocycles. The summed E-state index contributed by atoms with van der Waals surface area (Å²) in [5.74, 6) is 0. The van der Waals surface area contributed by atoms with E-state index in [0.29, 0.717) is 11.5 Å². The highest BCUT2D eigenvalue weighted by Crippen LogP contribution is 2.52. The summed E-state index contributed by atoms with van der Waals surface area (Å²) >= 11 is 0. The largest absolute Gasteiger partial charge is 0.380 e. The van der Waals surface area contributed by atoms with Crippen LogP contribution < -0.4 is 0 Å². The number of aromatic nitrogens is 3. The molecular formula is C8H11N3O. The highest BCUT2D eigenvalue weighted by Gasteiger charge is 2.50. The van der Waals surface area contributed by atoms with Crippen LogP contribution >= 0.6 is 0 Å². The van der Waals surface area contributed by atoms with E-state index in [1.807, 2.05) is 10.9 Å².